The normalized spacial score (nSPS) is 51.8. The van der Waals surface area contributed by atoms with Gasteiger partial charge in [0, 0.05) is 12.3 Å². The molecule has 1 aliphatic heterocycles. The summed E-state index contributed by atoms with van der Waals surface area (Å²) in [6.45, 7) is 9.08. The highest BCUT2D eigenvalue weighted by atomic mass is 16.7. The van der Waals surface area contributed by atoms with Crippen molar-refractivity contribution in [2.75, 3.05) is 13.2 Å². The van der Waals surface area contributed by atoms with E-state index in [2.05, 4.69) is 20.8 Å². The van der Waals surface area contributed by atoms with Gasteiger partial charge in [0.25, 0.3) is 0 Å². The Bertz CT molecular complexity index is 369. The second-order valence-electron chi connectivity index (χ2n) is 7.85. The first-order chi connectivity index (χ1) is 8.51. The van der Waals surface area contributed by atoms with Gasteiger partial charge in [-0.25, -0.2) is 0 Å². The molecule has 4 atom stereocenters. The van der Waals surface area contributed by atoms with Crippen LogP contribution in [0.1, 0.15) is 52.9 Å². The van der Waals surface area contributed by atoms with Crippen LogP contribution in [0.3, 0.4) is 0 Å². The van der Waals surface area contributed by atoms with Crippen molar-refractivity contribution in [2.24, 2.45) is 28.6 Å². The fourth-order valence-corrected chi connectivity index (χ4v) is 6.32. The number of fused-ring (bicyclic) bond motifs is 2. The third-order valence-corrected chi connectivity index (χ3v) is 7.19. The van der Waals surface area contributed by atoms with E-state index in [1.54, 1.807) is 0 Å². The zero-order valence-electron chi connectivity index (χ0n) is 12.0. The van der Waals surface area contributed by atoms with E-state index in [-0.39, 0.29) is 5.79 Å². The van der Waals surface area contributed by atoms with Crippen molar-refractivity contribution < 1.29 is 9.47 Å². The van der Waals surface area contributed by atoms with Crippen molar-refractivity contribution in [3.05, 3.63) is 0 Å². The first-order valence-electron chi connectivity index (χ1n) is 7.79. The highest BCUT2D eigenvalue weighted by Crippen LogP contribution is 2.74. The van der Waals surface area contributed by atoms with Gasteiger partial charge in [0.15, 0.2) is 5.79 Å². The molecular weight excluding hydrogens is 224 g/mol. The van der Waals surface area contributed by atoms with Crippen LogP contribution < -0.4 is 0 Å². The molecule has 2 bridgehead atoms. The van der Waals surface area contributed by atoms with E-state index in [1.165, 1.54) is 25.7 Å². The molecule has 0 unspecified atom stereocenters. The van der Waals surface area contributed by atoms with Crippen LogP contribution in [0.4, 0.5) is 0 Å². The fourth-order valence-electron chi connectivity index (χ4n) is 6.32. The Hall–Kier alpha value is -0.0800. The van der Waals surface area contributed by atoms with Crippen LogP contribution in [0.15, 0.2) is 0 Å². The van der Waals surface area contributed by atoms with Gasteiger partial charge in [-0.3, -0.25) is 0 Å². The van der Waals surface area contributed by atoms with Crippen molar-refractivity contribution in [3.63, 3.8) is 0 Å². The summed E-state index contributed by atoms with van der Waals surface area (Å²) >= 11 is 0. The van der Waals surface area contributed by atoms with Gasteiger partial charge in [0.2, 0.25) is 0 Å². The van der Waals surface area contributed by atoms with Gasteiger partial charge in [0.1, 0.15) is 0 Å². The van der Waals surface area contributed by atoms with Crippen molar-refractivity contribution in [3.8, 4) is 0 Å². The van der Waals surface area contributed by atoms with Crippen LogP contribution in [-0.2, 0) is 9.47 Å². The topological polar surface area (TPSA) is 18.5 Å². The maximum Gasteiger partial charge on any atom is 0.171 e. The maximum atomic E-state index is 6.12. The van der Waals surface area contributed by atoms with E-state index in [0.717, 1.165) is 31.5 Å². The van der Waals surface area contributed by atoms with Crippen LogP contribution in [0, 0.1) is 28.6 Å². The standard InChI is InChI=1S/C16H26O2/c1-11-4-5-12-14(2,3)13-10-15(11,12)6-7-16(13)17-8-9-18-16/h11-13H,4-10H2,1-3H3/t11-,12+,13-,15+/m1/s1. The molecular formula is C16H26O2. The molecule has 3 aliphatic carbocycles. The van der Waals surface area contributed by atoms with Crippen molar-refractivity contribution in [1.29, 1.82) is 0 Å². The Morgan fingerprint density at radius 3 is 2.39 bits per heavy atom. The highest BCUT2D eigenvalue weighted by Gasteiger charge is 2.70. The molecule has 3 saturated carbocycles. The van der Waals surface area contributed by atoms with Gasteiger partial charge in [0.05, 0.1) is 13.2 Å². The van der Waals surface area contributed by atoms with Gasteiger partial charge >= 0.3 is 0 Å². The molecule has 2 nitrogen and oxygen atoms in total. The summed E-state index contributed by atoms with van der Waals surface area (Å²) in [5.41, 5.74) is 1.01. The Morgan fingerprint density at radius 1 is 0.944 bits per heavy atom. The van der Waals surface area contributed by atoms with E-state index in [9.17, 15) is 0 Å². The second-order valence-corrected chi connectivity index (χ2v) is 7.85. The monoisotopic (exact) mass is 250 g/mol. The summed E-state index contributed by atoms with van der Waals surface area (Å²) in [5, 5.41) is 0. The molecule has 102 valence electrons. The lowest BCUT2D eigenvalue weighted by atomic mass is 9.66. The lowest BCUT2D eigenvalue weighted by molar-refractivity contribution is -0.231. The minimum absolute atomic E-state index is 0.210. The molecule has 1 heterocycles. The highest BCUT2D eigenvalue weighted by molar-refractivity contribution is 5.16. The van der Waals surface area contributed by atoms with Gasteiger partial charge < -0.3 is 9.47 Å². The predicted octanol–water partition coefficient (Wildman–Crippen LogP) is 3.60. The molecule has 0 aromatic rings. The van der Waals surface area contributed by atoms with Crippen LogP contribution in [0.2, 0.25) is 0 Å². The summed E-state index contributed by atoms with van der Waals surface area (Å²) in [6.07, 6.45) is 6.70. The Kier molecular flexibility index (Phi) is 2.16. The molecule has 18 heavy (non-hydrogen) atoms. The predicted molar refractivity (Wildman–Crippen MR) is 70.1 cm³/mol. The number of hydrogen-bond donors (Lipinski definition) is 0. The van der Waals surface area contributed by atoms with E-state index in [0.29, 0.717) is 16.7 Å². The molecule has 0 radical (unpaired) electrons. The summed E-state index contributed by atoms with van der Waals surface area (Å²) in [5.74, 6) is 2.22. The van der Waals surface area contributed by atoms with Crippen LogP contribution >= 0.6 is 0 Å². The molecule has 0 aromatic heterocycles. The van der Waals surface area contributed by atoms with Crippen LogP contribution in [0.25, 0.3) is 0 Å². The maximum absolute atomic E-state index is 6.12. The smallest absolute Gasteiger partial charge is 0.171 e. The molecule has 4 fully saturated rings. The Morgan fingerprint density at radius 2 is 1.67 bits per heavy atom. The molecule has 4 rings (SSSR count). The summed E-state index contributed by atoms with van der Waals surface area (Å²) in [6, 6.07) is 0. The quantitative estimate of drug-likeness (QED) is 0.654. The zero-order valence-corrected chi connectivity index (χ0v) is 12.0. The van der Waals surface area contributed by atoms with Gasteiger partial charge in [-0.1, -0.05) is 20.8 Å². The van der Waals surface area contributed by atoms with E-state index in [1.807, 2.05) is 0 Å². The molecule has 4 aliphatic rings. The SMILES string of the molecule is C[C@@H]1CC[C@H]2C(C)(C)[C@H]3C[C@@]12CCC31OCCO1. The molecule has 0 N–H and O–H groups in total. The molecule has 2 spiro atoms. The number of rotatable bonds is 0. The lowest BCUT2D eigenvalue weighted by Crippen LogP contribution is -2.47. The van der Waals surface area contributed by atoms with E-state index in [4.69, 9.17) is 9.47 Å². The Balaban J connectivity index is 1.78. The molecule has 1 saturated heterocycles. The van der Waals surface area contributed by atoms with E-state index < -0.39 is 0 Å². The Labute approximate surface area is 110 Å². The van der Waals surface area contributed by atoms with E-state index >= 15 is 0 Å². The van der Waals surface area contributed by atoms with Crippen molar-refractivity contribution >= 4 is 0 Å². The fraction of sp³-hybridized carbons (Fsp3) is 1.00. The molecule has 0 amide bonds. The third-order valence-electron chi connectivity index (χ3n) is 7.19. The molecule has 0 aromatic carbocycles. The first kappa shape index (κ1) is 11.7. The van der Waals surface area contributed by atoms with Crippen LogP contribution in [-0.4, -0.2) is 19.0 Å². The first-order valence-corrected chi connectivity index (χ1v) is 7.79. The van der Waals surface area contributed by atoms with Crippen LogP contribution in [0.5, 0.6) is 0 Å². The summed E-state index contributed by atoms with van der Waals surface area (Å²) < 4.78 is 12.2. The average Bonchev–Trinajstić information content (AvgIpc) is 2.94. The van der Waals surface area contributed by atoms with Gasteiger partial charge in [-0.05, 0) is 48.3 Å². The number of hydrogen-bond acceptors (Lipinski definition) is 2. The van der Waals surface area contributed by atoms with Gasteiger partial charge in [-0.15, -0.1) is 0 Å². The van der Waals surface area contributed by atoms with Crippen molar-refractivity contribution in [1.82, 2.24) is 0 Å². The zero-order chi connectivity index (χ0) is 12.6. The number of ether oxygens (including phenoxy) is 2. The lowest BCUT2D eigenvalue weighted by Gasteiger charge is -2.45. The third kappa shape index (κ3) is 1.13. The van der Waals surface area contributed by atoms with Gasteiger partial charge in [-0.2, -0.15) is 0 Å². The van der Waals surface area contributed by atoms with Crippen molar-refractivity contribution in [2.45, 2.75) is 58.7 Å². The average molecular weight is 250 g/mol. The summed E-state index contributed by atoms with van der Waals surface area (Å²) in [4.78, 5) is 0. The minimum Gasteiger partial charge on any atom is -0.347 e. The minimum atomic E-state index is -0.210. The molecule has 2 heteroatoms. The summed E-state index contributed by atoms with van der Waals surface area (Å²) in [7, 11) is 0. The largest absolute Gasteiger partial charge is 0.347 e. The second kappa shape index (κ2) is 3.32.